The van der Waals surface area contributed by atoms with Gasteiger partial charge in [-0.1, -0.05) is 13.0 Å². The van der Waals surface area contributed by atoms with Crippen molar-refractivity contribution in [1.82, 2.24) is 4.72 Å². The Bertz CT molecular complexity index is 591. The van der Waals surface area contributed by atoms with Gasteiger partial charge in [0.1, 0.15) is 5.69 Å². The van der Waals surface area contributed by atoms with Gasteiger partial charge >= 0.3 is 5.69 Å². The maximum atomic E-state index is 12.2. The van der Waals surface area contributed by atoms with Crippen LogP contribution in [0.4, 0.5) is 11.4 Å². The molecule has 112 valence electrons. The number of hydrogen-bond donors (Lipinski definition) is 3. The Morgan fingerprint density at radius 3 is 2.65 bits per heavy atom. The number of nitro benzene ring substituents is 1. The molecule has 8 nitrogen and oxygen atoms in total. The average Bonchev–Trinajstić information content (AvgIpc) is 2.43. The van der Waals surface area contributed by atoms with Crippen molar-refractivity contribution in [2.45, 2.75) is 17.1 Å². The summed E-state index contributed by atoms with van der Waals surface area (Å²) in [4.78, 5) is 9.87. The van der Waals surface area contributed by atoms with Gasteiger partial charge in [-0.25, -0.2) is 13.1 Å². The van der Waals surface area contributed by atoms with Crippen LogP contribution >= 0.6 is 11.8 Å². The Hall–Kier alpha value is -1.36. The Labute approximate surface area is 121 Å². The van der Waals surface area contributed by atoms with Gasteiger partial charge in [-0.05, 0) is 18.4 Å². The molecule has 0 amide bonds. The first-order valence-electron chi connectivity index (χ1n) is 5.60. The van der Waals surface area contributed by atoms with E-state index in [2.05, 4.69) is 10.1 Å². The maximum Gasteiger partial charge on any atom is 0.313 e. The number of nitrogens with zero attached hydrogens (tertiary/aromatic N) is 1. The van der Waals surface area contributed by atoms with Gasteiger partial charge in [-0.3, -0.25) is 16.0 Å². The lowest BCUT2D eigenvalue weighted by Gasteiger charge is -2.12. The first-order chi connectivity index (χ1) is 9.33. The van der Waals surface area contributed by atoms with Gasteiger partial charge < -0.3 is 5.43 Å². The van der Waals surface area contributed by atoms with Crippen LogP contribution in [0.1, 0.15) is 6.92 Å². The summed E-state index contributed by atoms with van der Waals surface area (Å²) in [5, 5.41) is 11.1. The molecule has 1 aromatic carbocycles. The number of sulfonamides is 1. The van der Waals surface area contributed by atoms with E-state index in [0.717, 1.165) is 0 Å². The first kappa shape index (κ1) is 16.7. The molecule has 0 aliphatic heterocycles. The minimum absolute atomic E-state index is 0.0552. The molecule has 1 aromatic rings. The SMILES string of the molecule is CSC(C)CNS(=O)(=O)c1cccc(NN)c1[N+](=O)[O-]. The molecule has 0 aromatic heterocycles. The van der Waals surface area contributed by atoms with Gasteiger partial charge in [0, 0.05) is 11.8 Å². The third kappa shape index (κ3) is 3.82. The number of nitro groups is 1. The van der Waals surface area contributed by atoms with Crippen LogP contribution in [0, 0.1) is 10.1 Å². The minimum atomic E-state index is -3.97. The van der Waals surface area contributed by atoms with Gasteiger partial charge in [-0.2, -0.15) is 11.8 Å². The second kappa shape index (κ2) is 6.88. The highest BCUT2D eigenvalue weighted by Gasteiger charge is 2.28. The maximum absolute atomic E-state index is 12.2. The van der Waals surface area contributed by atoms with E-state index in [1.807, 2.05) is 13.2 Å². The molecular formula is C10H16N4O4S2. The van der Waals surface area contributed by atoms with E-state index in [0.29, 0.717) is 0 Å². The number of nitrogens with one attached hydrogen (secondary N) is 2. The highest BCUT2D eigenvalue weighted by Crippen LogP contribution is 2.31. The van der Waals surface area contributed by atoms with Gasteiger partial charge in [0.15, 0.2) is 4.90 Å². The molecule has 0 saturated carbocycles. The number of thioether (sulfide) groups is 1. The number of anilines is 1. The van der Waals surface area contributed by atoms with Crippen LogP contribution in [0.5, 0.6) is 0 Å². The fourth-order valence-electron chi connectivity index (χ4n) is 1.43. The van der Waals surface area contributed by atoms with Crippen LogP contribution in [0.3, 0.4) is 0 Å². The molecule has 0 aliphatic carbocycles. The van der Waals surface area contributed by atoms with Crippen molar-refractivity contribution in [2.24, 2.45) is 5.84 Å². The average molecular weight is 320 g/mol. The zero-order valence-corrected chi connectivity index (χ0v) is 12.6. The zero-order chi connectivity index (χ0) is 15.3. The van der Waals surface area contributed by atoms with E-state index in [1.165, 1.54) is 30.0 Å². The van der Waals surface area contributed by atoms with Crippen molar-refractivity contribution >= 4 is 33.2 Å². The molecule has 1 unspecified atom stereocenters. The van der Waals surface area contributed by atoms with E-state index in [1.54, 1.807) is 0 Å². The number of nitrogen functional groups attached to an aromatic ring is 1. The predicted molar refractivity (Wildman–Crippen MR) is 79.1 cm³/mol. The summed E-state index contributed by atoms with van der Waals surface area (Å²) in [5.41, 5.74) is 1.50. The number of hydrazine groups is 1. The predicted octanol–water partition coefficient (Wildman–Crippen LogP) is 0.910. The molecule has 0 radical (unpaired) electrons. The van der Waals surface area contributed by atoms with E-state index in [9.17, 15) is 18.5 Å². The summed E-state index contributed by atoms with van der Waals surface area (Å²) < 4.78 is 26.7. The summed E-state index contributed by atoms with van der Waals surface area (Å²) in [6.45, 7) is 2.03. The molecule has 10 heteroatoms. The minimum Gasteiger partial charge on any atom is -0.318 e. The van der Waals surface area contributed by atoms with Crippen LogP contribution in [0.15, 0.2) is 23.1 Å². The van der Waals surface area contributed by atoms with Crippen molar-refractivity contribution in [3.8, 4) is 0 Å². The third-order valence-electron chi connectivity index (χ3n) is 2.59. The third-order valence-corrected chi connectivity index (χ3v) is 5.02. The number of para-hydroxylation sites is 1. The van der Waals surface area contributed by atoms with Gasteiger partial charge in [0.05, 0.1) is 4.92 Å². The van der Waals surface area contributed by atoms with E-state index in [-0.39, 0.29) is 17.5 Å². The van der Waals surface area contributed by atoms with Crippen LogP contribution in [0.2, 0.25) is 0 Å². The molecule has 0 fully saturated rings. The van der Waals surface area contributed by atoms with Crippen molar-refractivity contribution in [2.75, 3.05) is 18.2 Å². The van der Waals surface area contributed by atoms with E-state index in [4.69, 9.17) is 5.84 Å². The molecule has 1 rings (SSSR count). The highest BCUT2D eigenvalue weighted by molar-refractivity contribution is 7.99. The monoisotopic (exact) mass is 320 g/mol. The molecular weight excluding hydrogens is 304 g/mol. The fourth-order valence-corrected chi connectivity index (χ4v) is 3.11. The summed E-state index contributed by atoms with van der Waals surface area (Å²) >= 11 is 1.49. The lowest BCUT2D eigenvalue weighted by Crippen LogP contribution is -2.30. The largest absolute Gasteiger partial charge is 0.318 e. The molecule has 20 heavy (non-hydrogen) atoms. The second-order valence-electron chi connectivity index (χ2n) is 3.95. The number of hydrogen-bond acceptors (Lipinski definition) is 7. The number of rotatable bonds is 7. The molecule has 0 saturated heterocycles. The van der Waals surface area contributed by atoms with Crippen LogP contribution in [0.25, 0.3) is 0 Å². The smallest absolute Gasteiger partial charge is 0.313 e. The lowest BCUT2D eigenvalue weighted by atomic mass is 10.3. The van der Waals surface area contributed by atoms with Crippen molar-refractivity contribution in [1.29, 1.82) is 0 Å². The molecule has 0 spiro atoms. The number of nitrogens with two attached hydrogens (primary N) is 1. The van der Waals surface area contributed by atoms with Crippen molar-refractivity contribution in [3.05, 3.63) is 28.3 Å². The highest BCUT2D eigenvalue weighted by atomic mass is 32.2. The Morgan fingerprint density at radius 2 is 2.15 bits per heavy atom. The molecule has 0 bridgehead atoms. The van der Waals surface area contributed by atoms with E-state index < -0.39 is 25.5 Å². The standard InChI is InChI=1S/C10H16N4O4S2/c1-7(19-2)6-12-20(17,18)9-5-3-4-8(13-11)10(9)14(15)16/h3-5,7,12-13H,6,11H2,1-2H3. The Morgan fingerprint density at radius 1 is 1.50 bits per heavy atom. The number of benzene rings is 1. The summed E-state index contributed by atoms with van der Waals surface area (Å²) in [5.74, 6) is 5.17. The second-order valence-corrected chi connectivity index (χ2v) is 6.96. The molecule has 0 heterocycles. The summed E-state index contributed by atoms with van der Waals surface area (Å²) in [7, 11) is -3.97. The zero-order valence-electron chi connectivity index (χ0n) is 11.0. The van der Waals surface area contributed by atoms with Crippen LogP contribution in [-0.4, -0.2) is 31.4 Å². The van der Waals surface area contributed by atoms with E-state index >= 15 is 0 Å². The summed E-state index contributed by atoms with van der Waals surface area (Å²) in [6.07, 6.45) is 1.85. The molecule has 4 N–H and O–H groups in total. The quantitative estimate of drug-likeness (QED) is 0.387. The van der Waals surface area contributed by atoms with Gasteiger partial charge in [0.2, 0.25) is 10.0 Å². The molecule has 1 atom stereocenters. The summed E-state index contributed by atoms with van der Waals surface area (Å²) in [6, 6.07) is 3.89. The Balaban J connectivity index is 3.21. The lowest BCUT2D eigenvalue weighted by molar-refractivity contribution is -0.386. The van der Waals surface area contributed by atoms with Crippen molar-refractivity contribution < 1.29 is 13.3 Å². The van der Waals surface area contributed by atoms with Crippen LogP contribution in [-0.2, 0) is 10.0 Å². The molecule has 0 aliphatic rings. The first-order valence-corrected chi connectivity index (χ1v) is 8.37. The Kier molecular flexibility index (Phi) is 5.74. The normalized spacial score (nSPS) is 12.9. The van der Waals surface area contributed by atoms with Crippen molar-refractivity contribution in [3.63, 3.8) is 0 Å². The fraction of sp³-hybridized carbons (Fsp3) is 0.400. The van der Waals surface area contributed by atoms with Crippen LogP contribution < -0.4 is 16.0 Å². The topological polar surface area (TPSA) is 127 Å². The van der Waals surface area contributed by atoms with Gasteiger partial charge in [-0.15, -0.1) is 0 Å². The van der Waals surface area contributed by atoms with Gasteiger partial charge in [0.25, 0.3) is 0 Å².